The van der Waals surface area contributed by atoms with Crippen molar-refractivity contribution in [2.45, 2.75) is 13.3 Å². The zero-order valence-electron chi connectivity index (χ0n) is 11.2. The lowest BCUT2D eigenvalue weighted by atomic mass is 10.1. The van der Waals surface area contributed by atoms with Crippen LogP contribution in [0.4, 0.5) is 5.69 Å². The highest BCUT2D eigenvalue weighted by Crippen LogP contribution is 2.19. The molecule has 0 saturated heterocycles. The SMILES string of the molecule is Cc1onc(Cc2ccc(N(C)C)cc2)c1C(=O)O. The van der Waals surface area contributed by atoms with Crippen molar-refractivity contribution in [3.8, 4) is 0 Å². The number of nitrogens with zero attached hydrogens (tertiary/aromatic N) is 2. The molecule has 0 amide bonds. The lowest BCUT2D eigenvalue weighted by Gasteiger charge is -2.12. The van der Waals surface area contributed by atoms with Crippen LogP contribution in [0.1, 0.15) is 27.4 Å². The Balaban J connectivity index is 2.24. The van der Waals surface area contributed by atoms with E-state index >= 15 is 0 Å². The van der Waals surface area contributed by atoms with Crippen LogP contribution in [0.2, 0.25) is 0 Å². The summed E-state index contributed by atoms with van der Waals surface area (Å²) in [5, 5.41) is 12.9. The van der Waals surface area contributed by atoms with Crippen molar-refractivity contribution in [1.82, 2.24) is 5.16 Å². The zero-order chi connectivity index (χ0) is 14.0. The Labute approximate surface area is 111 Å². The fraction of sp³-hybridized carbons (Fsp3) is 0.286. The number of aromatic carboxylic acids is 1. The van der Waals surface area contributed by atoms with Gasteiger partial charge in [0, 0.05) is 26.2 Å². The monoisotopic (exact) mass is 260 g/mol. The number of aryl methyl sites for hydroxylation is 1. The first-order valence-corrected chi connectivity index (χ1v) is 5.93. The van der Waals surface area contributed by atoms with Gasteiger partial charge in [-0.25, -0.2) is 4.79 Å². The Morgan fingerprint density at radius 1 is 1.32 bits per heavy atom. The fourth-order valence-electron chi connectivity index (χ4n) is 1.92. The molecule has 2 rings (SSSR count). The van der Waals surface area contributed by atoms with E-state index in [2.05, 4.69) is 5.16 Å². The number of hydrogen-bond donors (Lipinski definition) is 1. The van der Waals surface area contributed by atoms with Gasteiger partial charge in [-0.1, -0.05) is 17.3 Å². The van der Waals surface area contributed by atoms with Gasteiger partial charge in [0.25, 0.3) is 0 Å². The maximum atomic E-state index is 11.1. The van der Waals surface area contributed by atoms with Crippen LogP contribution < -0.4 is 4.90 Å². The molecular formula is C14H16N2O3. The molecule has 1 aromatic carbocycles. The Bertz CT molecular complexity index is 585. The van der Waals surface area contributed by atoms with E-state index in [-0.39, 0.29) is 5.56 Å². The van der Waals surface area contributed by atoms with Crippen molar-refractivity contribution >= 4 is 11.7 Å². The number of carbonyl (C=O) groups is 1. The molecule has 0 bridgehead atoms. The Morgan fingerprint density at radius 3 is 2.47 bits per heavy atom. The summed E-state index contributed by atoms with van der Waals surface area (Å²) in [6.07, 6.45) is 0.451. The molecule has 2 aromatic rings. The first kappa shape index (κ1) is 13.1. The zero-order valence-corrected chi connectivity index (χ0v) is 11.2. The van der Waals surface area contributed by atoms with Gasteiger partial charge in [-0.15, -0.1) is 0 Å². The maximum Gasteiger partial charge on any atom is 0.341 e. The van der Waals surface area contributed by atoms with Crippen molar-refractivity contribution in [3.05, 3.63) is 46.8 Å². The second kappa shape index (κ2) is 5.14. The molecule has 1 N–H and O–H groups in total. The maximum absolute atomic E-state index is 11.1. The van der Waals surface area contributed by atoms with Crippen molar-refractivity contribution in [2.75, 3.05) is 19.0 Å². The summed E-state index contributed by atoms with van der Waals surface area (Å²) in [6.45, 7) is 1.61. The quantitative estimate of drug-likeness (QED) is 0.914. The van der Waals surface area contributed by atoms with Crippen LogP contribution in [0, 0.1) is 6.92 Å². The molecule has 0 aliphatic carbocycles. The molecule has 0 radical (unpaired) electrons. The summed E-state index contributed by atoms with van der Waals surface area (Å²) in [7, 11) is 3.94. The number of rotatable bonds is 4. The molecule has 1 heterocycles. The second-order valence-electron chi connectivity index (χ2n) is 4.60. The first-order valence-electron chi connectivity index (χ1n) is 5.93. The molecule has 0 unspecified atom stereocenters. The highest BCUT2D eigenvalue weighted by molar-refractivity contribution is 5.89. The van der Waals surface area contributed by atoms with Crippen LogP contribution in [0.15, 0.2) is 28.8 Å². The van der Waals surface area contributed by atoms with E-state index in [1.165, 1.54) is 0 Å². The molecule has 5 nitrogen and oxygen atoms in total. The van der Waals surface area contributed by atoms with Gasteiger partial charge < -0.3 is 14.5 Å². The lowest BCUT2D eigenvalue weighted by Crippen LogP contribution is -2.08. The molecule has 0 aliphatic rings. The highest BCUT2D eigenvalue weighted by atomic mass is 16.5. The third kappa shape index (κ3) is 2.76. The normalized spacial score (nSPS) is 10.5. The number of aromatic nitrogens is 1. The van der Waals surface area contributed by atoms with Gasteiger partial charge in [-0.3, -0.25) is 0 Å². The molecule has 0 saturated carbocycles. The number of carboxylic acids is 1. The first-order chi connectivity index (χ1) is 8.99. The van der Waals surface area contributed by atoms with Crippen LogP contribution in [0.25, 0.3) is 0 Å². The summed E-state index contributed by atoms with van der Waals surface area (Å²) in [4.78, 5) is 13.1. The summed E-state index contributed by atoms with van der Waals surface area (Å²) in [6, 6.07) is 7.90. The lowest BCUT2D eigenvalue weighted by molar-refractivity contribution is 0.0694. The van der Waals surface area contributed by atoms with Crippen LogP contribution in [-0.4, -0.2) is 30.3 Å². The molecule has 5 heteroatoms. The fourth-order valence-corrected chi connectivity index (χ4v) is 1.92. The minimum atomic E-state index is -1.00. The van der Waals surface area contributed by atoms with Gasteiger partial charge in [0.2, 0.25) is 0 Å². The summed E-state index contributed by atoms with van der Waals surface area (Å²) in [5.74, 6) is -0.661. The smallest absolute Gasteiger partial charge is 0.341 e. The third-order valence-corrected chi connectivity index (χ3v) is 2.97. The third-order valence-electron chi connectivity index (χ3n) is 2.97. The predicted octanol–water partition coefficient (Wildman–Crippen LogP) is 2.34. The van der Waals surface area contributed by atoms with E-state index in [4.69, 9.17) is 9.63 Å². The summed E-state index contributed by atoms with van der Waals surface area (Å²) >= 11 is 0. The predicted molar refractivity (Wildman–Crippen MR) is 71.8 cm³/mol. The number of carboxylic acid groups (broad SMARTS) is 1. The van der Waals surface area contributed by atoms with Gasteiger partial charge in [-0.05, 0) is 24.6 Å². The van der Waals surface area contributed by atoms with E-state index in [0.29, 0.717) is 17.9 Å². The molecule has 0 aliphatic heterocycles. The summed E-state index contributed by atoms with van der Waals surface area (Å²) < 4.78 is 4.95. The average molecular weight is 260 g/mol. The molecule has 100 valence electrons. The number of hydrogen-bond acceptors (Lipinski definition) is 4. The van der Waals surface area contributed by atoms with Crippen LogP contribution in [-0.2, 0) is 6.42 Å². The van der Waals surface area contributed by atoms with E-state index in [1.807, 2.05) is 43.3 Å². The minimum absolute atomic E-state index is 0.164. The van der Waals surface area contributed by atoms with Crippen molar-refractivity contribution in [1.29, 1.82) is 0 Å². The molecular weight excluding hydrogens is 244 g/mol. The van der Waals surface area contributed by atoms with E-state index in [1.54, 1.807) is 6.92 Å². The highest BCUT2D eigenvalue weighted by Gasteiger charge is 2.19. The van der Waals surface area contributed by atoms with Gasteiger partial charge in [0.15, 0.2) is 0 Å². The van der Waals surface area contributed by atoms with Crippen LogP contribution >= 0.6 is 0 Å². The van der Waals surface area contributed by atoms with Crippen molar-refractivity contribution in [2.24, 2.45) is 0 Å². The van der Waals surface area contributed by atoms with Gasteiger partial charge in [-0.2, -0.15) is 0 Å². The topological polar surface area (TPSA) is 66.6 Å². The van der Waals surface area contributed by atoms with Crippen LogP contribution in [0.5, 0.6) is 0 Å². The van der Waals surface area contributed by atoms with E-state index in [0.717, 1.165) is 11.3 Å². The Kier molecular flexibility index (Phi) is 3.55. The van der Waals surface area contributed by atoms with Crippen molar-refractivity contribution in [3.63, 3.8) is 0 Å². The molecule has 19 heavy (non-hydrogen) atoms. The number of benzene rings is 1. The average Bonchev–Trinajstić information content (AvgIpc) is 2.71. The second-order valence-corrected chi connectivity index (χ2v) is 4.60. The summed E-state index contributed by atoms with van der Waals surface area (Å²) in [5.41, 5.74) is 2.72. The molecule has 0 atom stereocenters. The van der Waals surface area contributed by atoms with Crippen LogP contribution in [0.3, 0.4) is 0 Å². The Morgan fingerprint density at radius 2 is 1.95 bits per heavy atom. The van der Waals surface area contributed by atoms with Crippen molar-refractivity contribution < 1.29 is 14.4 Å². The largest absolute Gasteiger partial charge is 0.477 e. The standard InChI is InChI=1S/C14H16N2O3/c1-9-13(14(17)18)12(15-19-9)8-10-4-6-11(7-5-10)16(2)3/h4-7H,8H2,1-3H3,(H,17,18). The van der Waals surface area contributed by atoms with Gasteiger partial charge in [0.1, 0.15) is 17.0 Å². The molecule has 0 fully saturated rings. The van der Waals surface area contributed by atoms with Gasteiger partial charge in [0.05, 0.1) is 0 Å². The van der Waals surface area contributed by atoms with Gasteiger partial charge >= 0.3 is 5.97 Å². The molecule has 1 aromatic heterocycles. The molecule has 0 spiro atoms. The minimum Gasteiger partial charge on any atom is -0.477 e. The Hall–Kier alpha value is -2.30. The van der Waals surface area contributed by atoms with E-state index in [9.17, 15) is 4.79 Å². The number of anilines is 1. The van der Waals surface area contributed by atoms with E-state index < -0.39 is 5.97 Å².